The predicted octanol–water partition coefficient (Wildman–Crippen LogP) is 3.76. The van der Waals surface area contributed by atoms with E-state index >= 15 is 0 Å². The largest absolute Gasteiger partial charge is 0.396 e. The van der Waals surface area contributed by atoms with Gasteiger partial charge < -0.3 is 26.2 Å². The summed E-state index contributed by atoms with van der Waals surface area (Å²) in [7, 11) is 0. The van der Waals surface area contributed by atoms with Crippen molar-refractivity contribution in [3.05, 3.63) is 99.6 Å². The number of ether oxygens (including phenoxy) is 1. The summed E-state index contributed by atoms with van der Waals surface area (Å²) in [5.74, 6) is 0.303. The van der Waals surface area contributed by atoms with Crippen LogP contribution in [0.2, 0.25) is 5.02 Å². The van der Waals surface area contributed by atoms with Crippen LogP contribution in [0.1, 0.15) is 23.9 Å². The van der Waals surface area contributed by atoms with Gasteiger partial charge in [0.15, 0.2) is 0 Å². The second-order valence-electron chi connectivity index (χ2n) is 8.36. The molecule has 37 heavy (non-hydrogen) atoms. The molecular weight excluding hydrogens is 494 g/mol. The molecule has 1 heterocycles. The first-order chi connectivity index (χ1) is 18.0. The van der Waals surface area contributed by atoms with Gasteiger partial charge in [0.05, 0.1) is 40.9 Å². The number of nitrogens with zero attached hydrogens (tertiary/aromatic N) is 2. The van der Waals surface area contributed by atoms with Crippen molar-refractivity contribution in [1.29, 1.82) is 0 Å². The molecule has 1 atom stereocenters. The lowest BCUT2D eigenvalue weighted by atomic mass is 10.2. The van der Waals surface area contributed by atoms with Crippen LogP contribution in [-0.2, 0) is 11.3 Å². The second-order valence-corrected chi connectivity index (χ2v) is 8.77. The van der Waals surface area contributed by atoms with E-state index < -0.39 is 12.1 Å². The summed E-state index contributed by atoms with van der Waals surface area (Å²) in [5, 5.41) is 14.8. The number of halogens is 1. The van der Waals surface area contributed by atoms with Crippen molar-refractivity contribution < 1.29 is 14.6 Å². The van der Waals surface area contributed by atoms with E-state index in [0.717, 1.165) is 5.56 Å². The van der Waals surface area contributed by atoms with Gasteiger partial charge in [-0.3, -0.25) is 9.36 Å². The Morgan fingerprint density at radius 1 is 1.11 bits per heavy atom. The maximum Gasteiger partial charge on any atom is 0.319 e. The van der Waals surface area contributed by atoms with Crippen LogP contribution in [0.4, 0.5) is 10.5 Å². The maximum absolute atomic E-state index is 13.7. The molecule has 5 N–H and O–H groups in total. The first kappa shape index (κ1) is 26.3. The number of fused-ring (bicyclic) bond motifs is 1. The van der Waals surface area contributed by atoms with Crippen molar-refractivity contribution in [3.63, 3.8) is 0 Å². The zero-order valence-electron chi connectivity index (χ0n) is 20.1. The molecule has 192 valence electrons. The highest BCUT2D eigenvalue weighted by molar-refractivity contribution is 6.35. The molecule has 10 heteroatoms. The van der Waals surface area contributed by atoms with Gasteiger partial charge in [0.2, 0.25) is 0 Å². The molecule has 1 aromatic heterocycles. The summed E-state index contributed by atoms with van der Waals surface area (Å²) in [6.45, 7) is 0.798. The highest BCUT2D eigenvalue weighted by atomic mass is 35.5. The first-order valence-corrected chi connectivity index (χ1v) is 12.2. The Morgan fingerprint density at radius 3 is 2.68 bits per heavy atom. The number of anilines is 1. The fourth-order valence-corrected chi connectivity index (χ4v) is 4.09. The number of nitrogens with two attached hydrogens (primary N) is 1. The maximum atomic E-state index is 13.7. The molecule has 0 aliphatic carbocycles. The Balaban J connectivity index is 1.67. The summed E-state index contributed by atoms with van der Waals surface area (Å²) < 4.78 is 7.24. The molecule has 0 spiro atoms. The van der Waals surface area contributed by atoms with E-state index in [-0.39, 0.29) is 29.2 Å². The van der Waals surface area contributed by atoms with Gasteiger partial charge in [0.1, 0.15) is 5.82 Å². The average molecular weight is 522 g/mol. The SMILES string of the molecule is NC(COCc1ccccc1)c1nc2cccc(Cl)c2c(=O)n1-c1cccc(NC(=O)NCCCO)c1. The summed E-state index contributed by atoms with van der Waals surface area (Å²) in [6.07, 6.45) is 0.444. The smallest absolute Gasteiger partial charge is 0.319 e. The van der Waals surface area contributed by atoms with E-state index in [1.807, 2.05) is 30.3 Å². The van der Waals surface area contributed by atoms with Gasteiger partial charge in [-0.2, -0.15) is 0 Å². The van der Waals surface area contributed by atoms with Crippen LogP contribution in [-0.4, -0.2) is 40.4 Å². The van der Waals surface area contributed by atoms with E-state index in [9.17, 15) is 9.59 Å². The van der Waals surface area contributed by atoms with E-state index in [2.05, 4.69) is 15.6 Å². The average Bonchev–Trinajstić information content (AvgIpc) is 2.89. The van der Waals surface area contributed by atoms with Crippen LogP contribution in [0, 0.1) is 0 Å². The van der Waals surface area contributed by atoms with Crippen LogP contribution in [0.15, 0.2) is 77.6 Å². The van der Waals surface area contributed by atoms with Crippen molar-refractivity contribution in [1.82, 2.24) is 14.9 Å². The number of aromatic nitrogens is 2. The molecule has 0 aliphatic rings. The minimum absolute atomic E-state index is 0.0195. The quantitative estimate of drug-likeness (QED) is 0.235. The number of nitrogens with one attached hydrogen (secondary N) is 2. The van der Waals surface area contributed by atoms with Gasteiger partial charge in [-0.05, 0) is 42.3 Å². The van der Waals surface area contributed by atoms with Crippen LogP contribution < -0.4 is 21.9 Å². The number of rotatable bonds is 10. The van der Waals surface area contributed by atoms with Crippen molar-refractivity contribution in [2.45, 2.75) is 19.1 Å². The topological polar surface area (TPSA) is 132 Å². The molecule has 0 bridgehead atoms. The highest BCUT2D eigenvalue weighted by Crippen LogP contribution is 2.23. The predicted molar refractivity (Wildman–Crippen MR) is 144 cm³/mol. The lowest BCUT2D eigenvalue weighted by molar-refractivity contribution is 0.105. The lowest BCUT2D eigenvalue weighted by Crippen LogP contribution is -2.31. The molecule has 0 aliphatic heterocycles. The summed E-state index contributed by atoms with van der Waals surface area (Å²) in [5.41, 5.74) is 8.47. The molecule has 1 unspecified atom stereocenters. The summed E-state index contributed by atoms with van der Waals surface area (Å²) >= 11 is 6.37. The minimum Gasteiger partial charge on any atom is -0.396 e. The van der Waals surface area contributed by atoms with Gasteiger partial charge >= 0.3 is 6.03 Å². The fourth-order valence-electron chi connectivity index (χ4n) is 3.84. The summed E-state index contributed by atoms with van der Waals surface area (Å²) in [4.78, 5) is 30.6. The fraction of sp³-hybridized carbons (Fsp3) is 0.222. The number of aliphatic hydroxyl groups is 1. The zero-order valence-corrected chi connectivity index (χ0v) is 20.8. The normalized spacial score (nSPS) is 11.9. The molecule has 4 rings (SSSR count). The third-order valence-corrected chi connectivity index (χ3v) is 5.91. The molecule has 4 aromatic rings. The molecule has 0 radical (unpaired) electrons. The van der Waals surface area contributed by atoms with E-state index in [1.54, 1.807) is 42.5 Å². The number of carbonyl (C=O) groups excluding carboxylic acids is 1. The number of hydrogen-bond donors (Lipinski definition) is 4. The Bertz CT molecular complexity index is 1430. The molecule has 0 fully saturated rings. The van der Waals surface area contributed by atoms with Gasteiger partial charge in [0, 0.05) is 18.8 Å². The molecule has 0 saturated carbocycles. The Morgan fingerprint density at radius 2 is 1.89 bits per heavy atom. The number of urea groups is 1. The highest BCUT2D eigenvalue weighted by Gasteiger charge is 2.20. The van der Waals surface area contributed by atoms with Gasteiger partial charge in [-0.1, -0.05) is 54.1 Å². The molecular formula is C27H28ClN5O4. The molecule has 9 nitrogen and oxygen atoms in total. The number of benzene rings is 3. The Labute approximate surface area is 218 Å². The van der Waals surface area contributed by atoms with Gasteiger partial charge in [-0.15, -0.1) is 0 Å². The number of aliphatic hydroxyl groups excluding tert-OH is 1. The Hall–Kier alpha value is -3.76. The van der Waals surface area contributed by atoms with Crippen molar-refractivity contribution in [2.24, 2.45) is 5.73 Å². The van der Waals surface area contributed by atoms with Gasteiger partial charge in [0.25, 0.3) is 5.56 Å². The first-order valence-electron chi connectivity index (χ1n) is 11.8. The zero-order chi connectivity index (χ0) is 26.2. The Kier molecular flexibility index (Phi) is 8.86. The minimum atomic E-state index is -0.724. The van der Waals surface area contributed by atoms with Crippen LogP contribution in [0.25, 0.3) is 16.6 Å². The van der Waals surface area contributed by atoms with Crippen molar-refractivity contribution in [2.75, 3.05) is 25.1 Å². The third kappa shape index (κ3) is 6.52. The molecule has 0 saturated heterocycles. The monoisotopic (exact) mass is 521 g/mol. The van der Waals surface area contributed by atoms with Crippen LogP contribution in [0.5, 0.6) is 0 Å². The van der Waals surface area contributed by atoms with Crippen LogP contribution >= 0.6 is 11.6 Å². The summed E-state index contributed by atoms with van der Waals surface area (Å²) in [6, 6.07) is 20.4. The van der Waals surface area contributed by atoms with E-state index in [4.69, 9.17) is 27.2 Å². The van der Waals surface area contributed by atoms with E-state index in [1.165, 1.54) is 4.57 Å². The third-order valence-electron chi connectivity index (χ3n) is 5.60. The van der Waals surface area contributed by atoms with E-state index in [0.29, 0.717) is 42.3 Å². The standard InChI is InChI=1S/C27H28ClN5O4/c28-21-11-5-12-23-24(21)26(35)33(20-10-4-9-19(15-20)31-27(36)30-13-6-14-34)25(32-23)22(29)17-37-16-18-7-2-1-3-8-18/h1-5,7-12,15,22,34H,6,13-14,16-17,29H2,(H2,30,31,36). The molecule has 2 amide bonds. The van der Waals surface area contributed by atoms with Crippen molar-refractivity contribution >= 4 is 34.2 Å². The number of amides is 2. The second kappa shape index (κ2) is 12.5. The number of carbonyl (C=O) groups is 1. The van der Waals surface area contributed by atoms with Gasteiger partial charge in [-0.25, -0.2) is 9.78 Å². The molecule has 3 aromatic carbocycles. The lowest BCUT2D eigenvalue weighted by Gasteiger charge is -2.19. The van der Waals surface area contributed by atoms with Crippen LogP contribution in [0.3, 0.4) is 0 Å². The number of hydrogen-bond acceptors (Lipinski definition) is 6. The van der Waals surface area contributed by atoms with Crippen molar-refractivity contribution in [3.8, 4) is 5.69 Å².